The predicted molar refractivity (Wildman–Crippen MR) is 99.0 cm³/mol. The monoisotopic (exact) mass is 386 g/mol. The summed E-state index contributed by atoms with van der Waals surface area (Å²) in [5.74, 6) is -3.82. The Hall–Kier alpha value is -2.13. The molecule has 0 saturated carbocycles. The van der Waals surface area contributed by atoms with Gasteiger partial charge in [0.2, 0.25) is 5.91 Å². The molecule has 2 unspecified atom stereocenters. The molecular weight excluding hydrogens is 360 g/mol. The molecule has 9 heteroatoms. The van der Waals surface area contributed by atoms with Crippen molar-refractivity contribution >= 4 is 27.7 Å². The van der Waals surface area contributed by atoms with Crippen molar-refractivity contribution in [2.24, 2.45) is 0 Å². The number of nitrogens with zero attached hydrogens (tertiary/aromatic N) is 1. The normalized spacial score (nSPS) is 13.7. The van der Waals surface area contributed by atoms with E-state index in [-0.39, 0.29) is 0 Å². The van der Waals surface area contributed by atoms with E-state index in [1.54, 1.807) is 19.1 Å². The first-order chi connectivity index (χ1) is 12.1. The smallest absolute Gasteiger partial charge is 0.327 e. The van der Waals surface area contributed by atoms with E-state index in [1.807, 2.05) is 26.0 Å². The van der Waals surface area contributed by atoms with E-state index in [9.17, 15) is 18.0 Å². The Labute approximate surface area is 154 Å². The lowest BCUT2D eigenvalue weighted by Crippen LogP contribution is -2.46. The highest BCUT2D eigenvalue weighted by Gasteiger charge is 2.29. The zero-order chi connectivity index (χ0) is 19.9. The van der Waals surface area contributed by atoms with Gasteiger partial charge in [-0.3, -0.25) is 9.35 Å². The summed E-state index contributed by atoms with van der Waals surface area (Å²) >= 11 is 0. The second-order valence-electron chi connectivity index (χ2n) is 5.87. The number of benzene rings is 1. The third-order valence-corrected chi connectivity index (χ3v) is 4.90. The predicted octanol–water partition coefficient (Wildman–Crippen LogP) is 1.48. The lowest BCUT2D eigenvalue weighted by atomic mass is 9.95. The zero-order valence-electron chi connectivity index (χ0n) is 15.2. The molecule has 0 bridgehead atoms. The number of anilines is 1. The standard InChI is InChI=1S/C17H26N2O6S/c1-4-14(12-7-9-13(10-8-12)19(5-2)6-3)16(20)18-15(17(21)22)11-26(23,24)25/h7-10,14-15H,4-6,11H2,1-3H3,(H,18,20)(H,21,22)(H,23,24,25). The lowest BCUT2D eigenvalue weighted by molar-refractivity contribution is -0.141. The van der Waals surface area contributed by atoms with Crippen LogP contribution in [-0.2, 0) is 19.7 Å². The first-order valence-electron chi connectivity index (χ1n) is 8.46. The van der Waals surface area contributed by atoms with Gasteiger partial charge in [-0.05, 0) is 38.0 Å². The highest BCUT2D eigenvalue weighted by molar-refractivity contribution is 7.85. The van der Waals surface area contributed by atoms with Crippen LogP contribution < -0.4 is 10.2 Å². The van der Waals surface area contributed by atoms with Gasteiger partial charge in [-0.15, -0.1) is 0 Å². The van der Waals surface area contributed by atoms with Crippen LogP contribution in [0, 0.1) is 0 Å². The molecule has 26 heavy (non-hydrogen) atoms. The fraction of sp³-hybridized carbons (Fsp3) is 0.529. The van der Waals surface area contributed by atoms with Crippen molar-refractivity contribution in [2.45, 2.75) is 39.2 Å². The summed E-state index contributed by atoms with van der Waals surface area (Å²) in [5, 5.41) is 11.3. The lowest BCUT2D eigenvalue weighted by Gasteiger charge is -2.23. The largest absolute Gasteiger partial charge is 0.480 e. The van der Waals surface area contributed by atoms with E-state index in [4.69, 9.17) is 9.66 Å². The molecule has 2 atom stereocenters. The van der Waals surface area contributed by atoms with Crippen LogP contribution in [0.15, 0.2) is 24.3 Å². The Morgan fingerprint density at radius 1 is 1.12 bits per heavy atom. The van der Waals surface area contributed by atoms with Crippen LogP contribution in [0.4, 0.5) is 5.69 Å². The van der Waals surface area contributed by atoms with Crippen molar-refractivity contribution in [2.75, 3.05) is 23.7 Å². The number of carboxylic acid groups (broad SMARTS) is 1. The molecule has 0 aliphatic carbocycles. The van der Waals surface area contributed by atoms with Gasteiger partial charge < -0.3 is 15.3 Å². The van der Waals surface area contributed by atoms with Crippen molar-refractivity contribution in [3.05, 3.63) is 29.8 Å². The average molecular weight is 386 g/mol. The Bertz CT molecular complexity index is 713. The maximum absolute atomic E-state index is 12.4. The van der Waals surface area contributed by atoms with E-state index < -0.39 is 39.7 Å². The summed E-state index contributed by atoms with van der Waals surface area (Å²) in [7, 11) is -4.53. The van der Waals surface area contributed by atoms with Crippen LogP contribution in [0.1, 0.15) is 38.7 Å². The van der Waals surface area contributed by atoms with Crippen LogP contribution in [0.5, 0.6) is 0 Å². The molecule has 1 aromatic carbocycles. The molecule has 0 aliphatic heterocycles. The second-order valence-corrected chi connectivity index (χ2v) is 7.37. The molecule has 3 N–H and O–H groups in total. The third-order valence-electron chi connectivity index (χ3n) is 4.14. The number of carbonyl (C=O) groups is 2. The molecule has 1 rings (SSSR count). The number of amides is 1. The highest BCUT2D eigenvalue weighted by atomic mass is 32.2. The molecule has 0 fully saturated rings. The van der Waals surface area contributed by atoms with Crippen LogP contribution in [0.25, 0.3) is 0 Å². The van der Waals surface area contributed by atoms with Gasteiger partial charge >= 0.3 is 5.97 Å². The summed E-state index contributed by atoms with van der Waals surface area (Å²) in [6.07, 6.45) is 0.411. The van der Waals surface area contributed by atoms with Gasteiger partial charge in [0.1, 0.15) is 11.8 Å². The van der Waals surface area contributed by atoms with Crippen molar-refractivity contribution < 1.29 is 27.7 Å². The van der Waals surface area contributed by atoms with E-state index in [0.29, 0.717) is 12.0 Å². The van der Waals surface area contributed by atoms with Crippen LogP contribution in [-0.4, -0.2) is 54.8 Å². The molecule has 0 aromatic heterocycles. The molecule has 0 aliphatic rings. The molecule has 1 amide bonds. The summed E-state index contributed by atoms with van der Waals surface area (Å²) in [4.78, 5) is 25.7. The van der Waals surface area contributed by atoms with Gasteiger partial charge in [-0.1, -0.05) is 19.1 Å². The number of nitrogens with one attached hydrogen (secondary N) is 1. The average Bonchev–Trinajstić information content (AvgIpc) is 2.56. The number of carboxylic acids is 1. The van der Waals surface area contributed by atoms with Crippen molar-refractivity contribution in [3.8, 4) is 0 Å². The highest BCUT2D eigenvalue weighted by Crippen LogP contribution is 2.23. The number of hydrogen-bond acceptors (Lipinski definition) is 5. The zero-order valence-corrected chi connectivity index (χ0v) is 16.0. The van der Waals surface area contributed by atoms with Gasteiger partial charge in [0, 0.05) is 18.8 Å². The number of hydrogen-bond donors (Lipinski definition) is 3. The maximum atomic E-state index is 12.4. The summed E-state index contributed by atoms with van der Waals surface area (Å²) in [5.41, 5.74) is 1.72. The SMILES string of the molecule is CCC(C(=O)NC(CS(=O)(=O)O)C(=O)O)c1ccc(N(CC)CC)cc1. The Morgan fingerprint density at radius 3 is 2.04 bits per heavy atom. The van der Waals surface area contributed by atoms with Gasteiger partial charge in [-0.2, -0.15) is 8.42 Å². The third kappa shape index (κ3) is 6.30. The first kappa shape index (κ1) is 21.9. The molecular formula is C17H26N2O6S. The Kier molecular flexibility index (Phi) is 8.04. The van der Waals surface area contributed by atoms with Crippen LogP contribution in [0.2, 0.25) is 0 Å². The van der Waals surface area contributed by atoms with Gasteiger partial charge in [0.05, 0.1) is 5.92 Å². The van der Waals surface area contributed by atoms with Gasteiger partial charge in [0.25, 0.3) is 10.1 Å². The fourth-order valence-electron chi connectivity index (χ4n) is 2.74. The maximum Gasteiger partial charge on any atom is 0.327 e. The molecule has 146 valence electrons. The molecule has 1 aromatic rings. The minimum absolute atomic E-state index is 0.411. The number of rotatable bonds is 10. The molecule has 0 radical (unpaired) electrons. The van der Waals surface area contributed by atoms with Crippen molar-refractivity contribution in [1.82, 2.24) is 5.32 Å². The minimum Gasteiger partial charge on any atom is -0.480 e. The number of carbonyl (C=O) groups excluding carboxylic acids is 1. The summed E-state index contributed by atoms with van der Waals surface area (Å²) in [6, 6.07) is 5.69. The second kappa shape index (κ2) is 9.54. The van der Waals surface area contributed by atoms with Crippen LogP contribution in [0.3, 0.4) is 0 Å². The van der Waals surface area contributed by atoms with E-state index in [2.05, 4.69) is 10.2 Å². The van der Waals surface area contributed by atoms with Gasteiger partial charge in [0.15, 0.2) is 0 Å². The minimum atomic E-state index is -4.53. The van der Waals surface area contributed by atoms with E-state index >= 15 is 0 Å². The molecule has 0 heterocycles. The summed E-state index contributed by atoms with van der Waals surface area (Å²) < 4.78 is 30.7. The van der Waals surface area contributed by atoms with Gasteiger partial charge in [-0.25, -0.2) is 4.79 Å². The Morgan fingerprint density at radius 2 is 1.65 bits per heavy atom. The van der Waals surface area contributed by atoms with Crippen molar-refractivity contribution in [1.29, 1.82) is 0 Å². The van der Waals surface area contributed by atoms with E-state index in [1.165, 1.54) is 0 Å². The Balaban J connectivity index is 2.96. The fourth-order valence-corrected chi connectivity index (χ4v) is 3.38. The topological polar surface area (TPSA) is 124 Å². The molecule has 0 spiro atoms. The molecule has 8 nitrogen and oxygen atoms in total. The summed E-state index contributed by atoms with van der Waals surface area (Å²) in [6.45, 7) is 7.57. The molecule has 0 saturated heterocycles. The van der Waals surface area contributed by atoms with Crippen LogP contribution >= 0.6 is 0 Å². The number of aliphatic carboxylic acids is 1. The van der Waals surface area contributed by atoms with Crippen molar-refractivity contribution in [3.63, 3.8) is 0 Å². The first-order valence-corrected chi connectivity index (χ1v) is 10.1. The quantitative estimate of drug-likeness (QED) is 0.520. The van der Waals surface area contributed by atoms with E-state index in [0.717, 1.165) is 18.8 Å².